The van der Waals surface area contributed by atoms with Gasteiger partial charge >= 0.3 is 0 Å². The number of carbonyl (C=O) groups excluding carboxylic acids is 2. The molecule has 0 N–H and O–H groups in total. The Morgan fingerprint density at radius 1 is 1.23 bits per heavy atom. The third-order valence-corrected chi connectivity index (χ3v) is 8.66. The molecule has 160 valence electrons. The highest BCUT2D eigenvalue weighted by atomic mass is 32.2. The van der Waals surface area contributed by atoms with Gasteiger partial charge in [0.2, 0.25) is 5.91 Å². The van der Waals surface area contributed by atoms with Gasteiger partial charge in [0.25, 0.3) is 5.91 Å². The van der Waals surface area contributed by atoms with Gasteiger partial charge in [0.15, 0.2) is 0 Å². The molecule has 7 nitrogen and oxygen atoms in total. The zero-order chi connectivity index (χ0) is 21.1. The van der Waals surface area contributed by atoms with Gasteiger partial charge in [-0.25, -0.2) is 9.19 Å². The lowest BCUT2D eigenvalue weighted by Crippen LogP contribution is -2.40. The van der Waals surface area contributed by atoms with Crippen LogP contribution in [-0.4, -0.2) is 64.1 Å². The maximum absolute atomic E-state index is 13.3. The van der Waals surface area contributed by atoms with E-state index in [0.717, 1.165) is 24.2 Å². The van der Waals surface area contributed by atoms with Crippen LogP contribution in [0.3, 0.4) is 0 Å². The zero-order valence-corrected chi connectivity index (χ0v) is 18.7. The molecule has 1 aromatic carbocycles. The van der Waals surface area contributed by atoms with Gasteiger partial charge in [-0.15, -0.1) is 11.3 Å². The third kappa shape index (κ3) is 4.57. The fourth-order valence-corrected chi connectivity index (χ4v) is 6.63. The number of rotatable bonds is 3. The molecule has 2 aliphatic rings. The van der Waals surface area contributed by atoms with Crippen molar-refractivity contribution in [2.75, 3.05) is 43.1 Å². The van der Waals surface area contributed by atoms with Gasteiger partial charge in [0, 0.05) is 49.3 Å². The van der Waals surface area contributed by atoms with Crippen LogP contribution in [0.2, 0.25) is 0 Å². The summed E-state index contributed by atoms with van der Waals surface area (Å²) < 4.78 is 17.3. The average molecular weight is 447 g/mol. The van der Waals surface area contributed by atoms with Crippen molar-refractivity contribution in [1.82, 2.24) is 9.88 Å². The molecule has 0 saturated carbocycles. The summed E-state index contributed by atoms with van der Waals surface area (Å²) in [6.07, 6.45) is 1.44. The van der Waals surface area contributed by atoms with Crippen LogP contribution in [-0.2, 0) is 25.7 Å². The molecule has 9 heteroatoms. The van der Waals surface area contributed by atoms with Crippen molar-refractivity contribution < 1.29 is 13.8 Å². The largest absolute Gasteiger partial charge is 0.374 e. The van der Waals surface area contributed by atoms with E-state index in [4.69, 9.17) is 0 Å². The number of nitrogens with zero attached hydrogens (tertiary/aromatic N) is 4. The van der Waals surface area contributed by atoms with E-state index in [0.29, 0.717) is 31.0 Å². The molecule has 0 spiro atoms. The highest BCUT2D eigenvalue weighted by Crippen LogP contribution is 2.35. The Hall–Kier alpha value is -2.26. The van der Waals surface area contributed by atoms with Crippen molar-refractivity contribution in [1.29, 1.82) is 0 Å². The number of aromatic nitrogens is 1. The van der Waals surface area contributed by atoms with E-state index >= 15 is 0 Å². The second kappa shape index (κ2) is 8.85. The Labute approximate surface area is 181 Å². The van der Waals surface area contributed by atoms with E-state index in [-0.39, 0.29) is 24.0 Å². The van der Waals surface area contributed by atoms with Crippen molar-refractivity contribution >= 4 is 38.6 Å². The van der Waals surface area contributed by atoms with Crippen LogP contribution in [0.4, 0.5) is 5.69 Å². The summed E-state index contributed by atoms with van der Waals surface area (Å²) in [6.45, 7) is 1.76. The Balaban J connectivity index is 1.46. The molecule has 4 rings (SSSR count). The number of carbonyl (C=O) groups is 2. The van der Waals surface area contributed by atoms with Crippen LogP contribution in [0.1, 0.15) is 30.0 Å². The Kier molecular flexibility index (Phi) is 6.19. The lowest BCUT2D eigenvalue weighted by Gasteiger charge is -2.35. The quantitative estimate of drug-likeness (QED) is 0.724. The Morgan fingerprint density at radius 3 is 2.87 bits per heavy atom. The SMILES string of the molecule is CN1CCC(C(=O)N2CCCS(=O)(=NC(=O)Cc3cscn3)CC2)c2ccccc21. The first-order valence-corrected chi connectivity index (χ1v) is 13.0. The molecule has 1 fully saturated rings. The lowest BCUT2D eigenvalue weighted by molar-refractivity contribution is -0.132. The van der Waals surface area contributed by atoms with Crippen LogP contribution < -0.4 is 4.90 Å². The monoisotopic (exact) mass is 446 g/mol. The molecule has 30 heavy (non-hydrogen) atoms. The smallest absolute Gasteiger partial charge is 0.259 e. The van der Waals surface area contributed by atoms with E-state index < -0.39 is 15.6 Å². The van der Waals surface area contributed by atoms with Gasteiger partial charge < -0.3 is 9.80 Å². The molecular formula is C21H26N4O3S2. The maximum Gasteiger partial charge on any atom is 0.259 e. The molecule has 0 bridgehead atoms. The maximum atomic E-state index is 13.3. The van der Waals surface area contributed by atoms with E-state index in [2.05, 4.69) is 20.3 Å². The van der Waals surface area contributed by atoms with Crippen LogP contribution in [0, 0.1) is 0 Å². The number of anilines is 1. The summed E-state index contributed by atoms with van der Waals surface area (Å²) in [5, 5.41) is 1.80. The molecule has 2 aromatic rings. The zero-order valence-electron chi connectivity index (χ0n) is 17.0. The van der Waals surface area contributed by atoms with Crippen molar-refractivity contribution in [2.24, 2.45) is 4.36 Å². The molecule has 0 aliphatic carbocycles. The van der Waals surface area contributed by atoms with E-state index in [1.807, 2.05) is 30.1 Å². The number of thiazole rings is 1. The van der Waals surface area contributed by atoms with Gasteiger partial charge in [0.1, 0.15) is 0 Å². The van der Waals surface area contributed by atoms with Crippen molar-refractivity contribution in [2.45, 2.75) is 25.2 Å². The standard InChI is InChI=1S/C21H26N4O3S2/c1-24-9-7-18(17-5-2-3-6-19(17)24)21(27)25-8-4-11-30(28,12-10-25)23-20(26)13-16-14-29-15-22-16/h2-3,5-6,14-15,18H,4,7-13H2,1H3. The first-order valence-electron chi connectivity index (χ1n) is 10.2. The Bertz CT molecular complexity index is 1040. The summed E-state index contributed by atoms with van der Waals surface area (Å²) in [7, 11) is -0.600. The average Bonchev–Trinajstić information content (AvgIpc) is 3.15. The van der Waals surface area contributed by atoms with Crippen molar-refractivity contribution in [3.05, 3.63) is 46.4 Å². The number of hydrogen-bond donors (Lipinski definition) is 0. The fourth-order valence-electron chi connectivity index (χ4n) is 4.16. The van der Waals surface area contributed by atoms with Crippen molar-refractivity contribution in [3.8, 4) is 0 Å². The van der Waals surface area contributed by atoms with E-state index in [1.54, 1.807) is 10.9 Å². The number of benzene rings is 1. The minimum atomic E-state index is -2.65. The van der Waals surface area contributed by atoms with Gasteiger partial charge in [-0.1, -0.05) is 18.2 Å². The Morgan fingerprint density at radius 2 is 2.07 bits per heavy atom. The van der Waals surface area contributed by atoms with Crippen molar-refractivity contribution in [3.63, 3.8) is 0 Å². The molecule has 2 aliphatic heterocycles. The van der Waals surface area contributed by atoms with Gasteiger partial charge in [0.05, 0.1) is 33.3 Å². The summed E-state index contributed by atoms with van der Waals surface area (Å²) in [6, 6.07) is 8.05. The van der Waals surface area contributed by atoms with Crippen LogP contribution in [0.15, 0.2) is 39.5 Å². The topological polar surface area (TPSA) is 82.9 Å². The highest BCUT2D eigenvalue weighted by molar-refractivity contribution is 7.93. The van der Waals surface area contributed by atoms with Crippen LogP contribution in [0.5, 0.6) is 0 Å². The van der Waals surface area contributed by atoms with Gasteiger partial charge in [-0.2, -0.15) is 4.36 Å². The summed E-state index contributed by atoms with van der Waals surface area (Å²) in [4.78, 5) is 33.7. The summed E-state index contributed by atoms with van der Waals surface area (Å²) in [5.41, 5.74) is 4.48. The van der Waals surface area contributed by atoms with E-state index in [1.165, 1.54) is 11.3 Å². The fraction of sp³-hybridized carbons (Fsp3) is 0.476. The normalized spacial score (nSPS) is 24.1. The van der Waals surface area contributed by atoms with E-state index in [9.17, 15) is 13.8 Å². The second-order valence-corrected chi connectivity index (χ2v) is 11.1. The number of amides is 2. The number of hydrogen-bond acceptors (Lipinski definition) is 6. The number of para-hydroxylation sites is 1. The predicted molar refractivity (Wildman–Crippen MR) is 119 cm³/mol. The highest BCUT2D eigenvalue weighted by Gasteiger charge is 2.33. The number of fused-ring (bicyclic) bond motifs is 1. The third-order valence-electron chi connectivity index (χ3n) is 5.74. The predicted octanol–water partition coefficient (Wildman–Crippen LogP) is 2.54. The minimum Gasteiger partial charge on any atom is -0.374 e. The van der Waals surface area contributed by atoms with Crippen LogP contribution in [0.25, 0.3) is 0 Å². The molecule has 2 atom stereocenters. The first kappa shape index (κ1) is 21.0. The molecule has 2 amide bonds. The molecular weight excluding hydrogens is 420 g/mol. The van der Waals surface area contributed by atoms with Crippen LogP contribution >= 0.6 is 11.3 Å². The second-order valence-electron chi connectivity index (χ2n) is 7.82. The van der Waals surface area contributed by atoms with Gasteiger partial charge in [-0.05, 0) is 24.5 Å². The van der Waals surface area contributed by atoms with Gasteiger partial charge in [-0.3, -0.25) is 9.59 Å². The minimum absolute atomic E-state index is 0.0789. The summed E-state index contributed by atoms with van der Waals surface area (Å²) >= 11 is 1.42. The molecule has 3 heterocycles. The molecule has 0 radical (unpaired) electrons. The molecule has 1 saturated heterocycles. The summed E-state index contributed by atoms with van der Waals surface area (Å²) in [5.74, 6) is 0.122. The molecule has 1 aromatic heterocycles. The lowest BCUT2D eigenvalue weighted by atomic mass is 9.89. The first-order chi connectivity index (χ1) is 14.5. The molecule has 2 unspecified atom stereocenters.